The first kappa shape index (κ1) is 15.8. The monoisotopic (exact) mass is 305 g/mol. The van der Waals surface area contributed by atoms with E-state index in [0.717, 1.165) is 12.5 Å². The van der Waals surface area contributed by atoms with Crippen LogP contribution < -0.4 is 5.73 Å². The first-order chi connectivity index (χ1) is 8.59. The summed E-state index contributed by atoms with van der Waals surface area (Å²) in [5, 5.41) is 0. The quantitative estimate of drug-likeness (QED) is 0.768. The second-order valence-electron chi connectivity index (χ2n) is 4.14. The molecule has 0 fully saturated rings. The van der Waals surface area contributed by atoms with Crippen molar-refractivity contribution >= 4 is 25.5 Å². The van der Waals surface area contributed by atoms with E-state index < -0.39 is 30.4 Å². The fraction of sp³-hybridized carbons (Fsp3) is 0.364. The highest BCUT2D eigenvalue weighted by Gasteiger charge is 2.26. The van der Waals surface area contributed by atoms with Crippen molar-refractivity contribution in [2.24, 2.45) is 5.73 Å². The molecule has 8 heteroatoms. The van der Waals surface area contributed by atoms with Crippen molar-refractivity contribution in [1.82, 2.24) is 0 Å². The van der Waals surface area contributed by atoms with Crippen molar-refractivity contribution < 1.29 is 21.6 Å². The van der Waals surface area contributed by atoms with E-state index in [-0.39, 0.29) is 23.4 Å². The summed E-state index contributed by atoms with van der Waals surface area (Å²) in [6, 6.07) is 3.81. The topological polar surface area (TPSA) is 111 Å². The van der Waals surface area contributed by atoms with Crippen molar-refractivity contribution in [2.45, 2.75) is 16.2 Å². The molecule has 0 aliphatic rings. The number of carbonyl (C=O) groups excluding carboxylic acids is 1. The van der Waals surface area contributed by atoms with Crippen LogP contribution in [0.1, 0.15) is 16.8 Å². The van der Waals surface area contributed by atoms with Gasteiger partial charge in [0.1, 0.15) is 0 Å². The summed E-state index contributed by atoms with van der Waals surface area (Å²) in [5.74, 6) is -0.492. The molecule has 0 saturated carbocycles. The van der Waals surface area contributed by atoms with Gasteiger partial charge >= 0.3 is 0 Å². The predicted molar refractivity (Wildman–Crippen MR) is 70.7 cm³/mol. The second-order valence-corrected chi connectivity index (χ2v) is 8.08. The minimum atomic E-state index is -3.85. The molecule has 0 aliphatic heterocycles. The van der Waals surface area contributed by atoms with Crippen LogP contribution in [0.15, 0.2) is 28.0 Å². The normalized spacial score (nSPS) is 12.4. The molecular weight excluding hydrogens is 290 g/mol. The Morgan fingerprint density at radius 3 is 2.11 bits per heavy atom. The van der Waals surface area contributed by atoms with E-state index in [1.807, 2.05) is 0 Å². The lowest BCUT2D eigenvalue weighted by Gasteiger charge is -2.11. The van der Waals surface area contributed by atoms with Gasteiger partial charge in [-0.05, 0) is 12.6 Å². The molecule has 1 rings (SSSR count). The summed E-state index contributed by atoms with van der Waals surface area (Å²) in [4.78, 5) is 11.0. The largest absolute Gasteiger partial charge is 0.330 e. The van der Waals surface area contributed by atoms with Gasteiger partial charge in [-0.25, -0.2) is 16.8 Å². The molecule has 0 saturated heterocycles. The molecule has 0 amide bonds. The van der Waals surface area contributed by atoms with Gasteiger partial charge < -0.3 is 5.73 Å². The molecule has 0 unspecified atom stereocenters. The third-order valence-corrected chi connectivity index (χ3v) is 4.87. The van der Waals surface area contributed by atoms with Crippen molar-refractivity contribution in [3.05, 3.63) is 23.8 Å². The first-order valence-electron chi connectivity index (χ1n) is 5.35. The number of Topliss-reactive ketones (excluding diaryl/α,β-unsaturated/α-hetero) is 1. The molecule has 0 bridgehead atoms. The van der Waals surface area contributed by atoms with E-state index in [1.165, 1.54) is 18.2 Å². The van der Waals surface area contributed by atoms with Crippen molar-refractivity contribution in [3.8, 4) is 0 Å². The van der Waals surface area contributed by atoms with Crippen molar-refractivity contribution in [3.63, 3.8) is 0 Å². The van der Waals surface area contributed by atoms with E-state index in [2.05, 4.69) is 0 Å². The molecule has 6 nitrogen and oxygen atoms in total. The molecule has 0 aliphatic carbocycles. The summed E-state index contributed by atoms with van der Waals surface area (Å²) in [5.41, 5.74) is 5.13. The Kier molecular flexibility index (Phi) is 4.49. The molecule has 0 heterocycles. The van der Waals surface area contributed by atoms with Crippen LogP contribution in [0.5, 0.6) is 0 Å². The number of hydrogen-bond donors (Lipinski definition) is 1. The van der Waals surface area contributed by atoms with E-state index in [1.54, 1.807) is 0 Å². The number of ketones is 1. The predicted octanol–water partition coefficient (Wildman–Crippen LogP) is 0.0251. The van der Waals surface area contributed by atoms with E-state index in [9.17, 15) is 21.6 Å². The smallest absolute Gasteiger partial charge is 0.177 e. The van der Waals surface area contributed by atoms with Gasteiger partial charge in [0.15, 0.2) is 25.5 Å². The summed E-state index contributed by atoms with van der Waals surface area (Å²) < 4.78 is 46.8. The highest BCUT2D eigenvalue weighted by Crippen LogP contribution is 2.25. The summed E-state index contributed by atoms with van der Waals surface area (Å²) in [6.07, 6.45) is 1.72. The third-order valence-electron chi connectivity index (χ3n) is 2.42. The Morgan fingerprint density at radius 1 is 1.11 bits per heavy atom. The molecule has 0 radical (unpaired) electrons. The number of hydrogen-bond acceptors (Lipinski definition) is 6. The van der Waals surface area contributed by atoms with Gasteiger partial charge in [-0.3, -0.25) is 4.79 Å². The van der Waals surface area contributed by atoms with Crippen LogP contribution in [0.4, 0.5) is 0 Å². The molecule has 0 atom stereocenters. The van der Waals surface area contributed by atoms with Gasteiger partial charge in [-0.15, -0.1) is 0 Å². The number of sulfone groups is 2. The average molecular weight is 305 g/mol. The Bertz CT molecular complexity index is 705. The number of benzene rings is 1. The summed E-state index contributed by atoms with van der Waals surface area (Å²) >= 11 is 0. The maximum absolute atomic E-state index is 11.9. The minimum absolute atomic E-state index is 0.0459. The standard InChI is InChI=1S/C11H15NO5S2/c1-18(14,15)10-5-3-4-8(9(13)6-7-12)11(10)19(2,16)17/h3-5H,6-7,12H2,1-2H3. The highest BCUT2D eigenvalue weighted by molar-refractivity contribution is 7.93. The molecule has 106 valence electrons. The van der Waals surface area contributed by atoms with Gasteiger partial charge in [0.05, 0.1) is 9.79 Å². The molecule has 1 aromatic rings. The first-order valence-corrected chi connectivity index (χ1v) is 9.13. The van der Waals surface area contributed by atoms with Gasteiger partial charge in [0.2, 0.25) is 0 Å². The average Bonchev–Trinajstić information content (AvgIpc) is 2.26. The summed E-state index contributed by atoms with van der Waals surface area (Å²) in [6.45, 7) is 0.0607. The molecular formula is C11H15NO5S2. The number of carbonyl (C=O) groups is 1. The molecule has 2 N–H and O–H groups in total. The van der Waals surface area contributed by atoms with Gasteiger partial charge in [0, 0.05) is 24.5 Å². The van der Waals surface area contributed by atoms with E-state index in [4.69, 9.17) is 5.73 Å². The third kappa shape index (κ3) is 3.62. The summed E-state index contributed by atoms with van der Waals surface area (Å²) in [7, 11) is -7.60. The second kappa shape index (κ2) is 5.40. The SMILES string of the molecule is CS(=O)(=O)c1cccc(C(=O)CCN)c1S(C)(=O)=O. The van der Waals surface area contributed by atoms with E-state index in [0.29, 0.717) is 0 Å². The zero-order valence-corrected chi connectivity index (χ0v) is 12.2. The molecule has 1 aromatic carbocycles. The Labute approximate surface area is 112 Å². The van der Waals surface area contributed by atoms with Gasteiger partial charge in [0.25, 0.3) is 0 Å². The Hall–Kier alpha value is -1.25. The number of rotatable bonds is 5. The molecule has 0 aromatic heterocycles. The van der Waals surface area contributed by atoms with Crippen molar-refractivity contribution in [2.75, 3.05) is 19.1 Å². The lowest BCUT2D eigenvalue weighted by molar-refractivity contribution is 0.0982. The lowest BCUT2D eigenvalue weighted by Crippen LogP contribution is -2.16. The van der Waals surface area contributed by atoms with Crippen LogP contribution >= 0.6 is 0 Å². The zero-order valence-electron chi connectivity index (χ0n) is 10.6. The van der Waals surface area contributed by atoms with Crippen LogP contribution in [-0.4, -0.2) is 41.7 Å². The fourth-order valence-electron chi connectivity index (χ4n) is 1.68. The maximum atomic E-state index is 11.9. The Morgan fingerprint density at radius 2 is 1.68 bits per heavy atom. The molecule has 19 heavy (non-hydrogen) atoms. The number of nitrogens with two attached hydrogens (primary N) is 1. The van der Waals surface area contributed by atoms with Crippen LogP contribution in [0.25, 0.3) is 0 Å². The van der Waals surface area contributed by atoms with Crippen LogP contribution in [0, 0.1) is 0 Å². The lowest BCUT2D eigenvalue weighted by atomic mass is 10.1. The van der Waals surface area contributed by atoms with Crippen LogP contribution in [0.2, 0.25) is 0 Å². The zero-order chi connectivity index (χ0) is 14.8. The van der Waals surface area contributed by atoms with Crippen molar-refractivity contribution in [1.29, 1.82) is 0 Å². The highest BCUT2D eigenvalue weighted by atomic mass is 32.2. The van der Waals surface area contributed by atoms with Gasteiger partial charge in [-0.1, -0.05) is 12.1 Å². The van der Waals surface area contributed by atoms with E-state index >= 15 is 0 Å². The van der Waals surface area contributed by atoms with Crippen LogP contribution in [0.3, 0.4) is 0 Å². The fourth-order valence-corrected chi connectivity index (χ4v) is 4.37. The van der Waals surface area contributed by atoms with Gasteiger partial charge in [-0.2, -0.15) is 0 Å². The molecule has 0 spiro atoms. The minimum Gasteiger partial charge on any atom is -0.330 e. The Balaban J connectivity index is 3.73. The van der Waals surface area contributed by atoms with Crippen LogP contribution in [-0.2, 0) is 19.7 Å². The maximum Gasteiger partial charge on any atom is 0.177 e.